The van der Waals surface area contributed by atoms with E-state index in [9.17, 15) is 4.79 Å². The standard InChI is InChI=1S/C26H26N4O4/c31-26(34-22-4-2-1-3-5-22)28-20-6-8-21(9-7-20)30-19-27-24-18-23(10-11-25(24)30)33-17-14-29-12-15-32-16-13-29/h1-11,18-19H,12-17H2,(H,28,31). The number of hydrogen-bond donors (Lipinski definition) is 1. The number of ether oxygens (including phenoxy) is 3. The number of nitrogens with zero attached hydrogens (tertiary/aromatic N) is 3. The lowest BCUT2D eigenvalue weighted by atomic mass is 10.2. The summed E-state index contributed by atoms with van der Waals surface area (Å²) in [6.45, 7) is 5.00. The maximum Gasteiger partial charge on any atom is 0.417 e. The van der Waals surface area contributed by atoms with E-state index in [1.165, 1.54) is 0 Å². The highest BCUT2D eigenvalue weighted by Crippen LogP contribution is 2.24. The first-order chi connectivity index (χ1) is 16.7. The predicted molar refractivity (Wildman–Crippen MR) is 130 cm³/mol. The molecule has 1 fully saturated rings. The van der Waals surface area contributed by atoms with E-state index < -0.39 is 6.09 Å². The second-order valence-corrected chi connectivity index (χ2v) is 7.94. The molecule has 0 saturated carbocycles. The summed E-state index contributed by atoms with van der Waals surface area (Å²) in [4.78, 5) is 19.0. The highest BCUT2D eigenvalue weighted by Gasteiger charge is 2.11. The molecule has 1 aliphatic rings. The van der Waals surface area contributed by atoms with Gasteiger partial charge in [0.15, 0.2) is 0 Å². The molecule has 0 atom stereocenters. The van der Waals surface area contributed by atoms with E-state index in [0.29, 0.717) is 18.0 Å². The molecule has 8 heteroatoms. The third kappa shape index (κ3) is 5.36. The van der Waals surface area contributed by atoms with Gasteiger partial charge in [-0.05, 0) is 48.5 Å². The third-order valence-electron chi connectivity index (χ3n) is 5.64. The van der Waals surface area contributed by atoms with E-state index in [0.717, 1.165) is 55.3 Å². The average Bonchev–Trinajstić information content (AvgIpc) is 3.29. The number of imidazole rings is 1. The van der Waals surface area contributed by atoms with Gasteiger partial charge >= 0.3 is 6.09 Å². The molecule has 4 aromatic rings. The molecule has 2 heterocycles. The van der Waals surface area contributed by atoms with Crippen molar-refractivity contribution in [2.45, 2.75) is 0 Å². The van der Waals surface area contributed by atoms with E-state index in [-0.39, 0.29) is 0 Å². The van der Waals surface area contributed by atoms with Crippen LogP contribution in [0, 0.1) is 0 Å². The number of nitrogens with one attached hydrogen (secondary N) is 1. The minimum Gasteiger partial charge on any atom is -0.492 e. The van der Waals surface area contributed by atoms with Crippen LogP contribution in [0.2, 0.25) is 0 Å². The smallest absolute Gasteiger partial charge is 0.417 e. The van der Waals surface area contributed by atoms with E-state index >= 15 is 0 Å². The summed E-state index contributed by atoms with van der Waals surface area (Å²) < 4.78 is 18.6. The summed E-state index contributed by atoms with van der Waals surface area (Å²) in [5, 5.41) is 2.74. The van der Waals surface area contributed by atoms with Gasteiger partial charge in [-0.25, -0.2) is 9.78 Å². The van der Waals surface area contributed by atoms with E-state index in [2.05, 4.69) is 15.2 Å². The van der Waals surface area contributed by atoms with Crippen LogP contribution in [0.15, 0.2) is 79.1 Å². The van der Waals surface area contributed by atoms with Gasteiger partial charge in [0.1, 0.15) is 24.4 Å². The van der Waals surface area contributed by atoms with Crippen LogP contribution in [0.1, 0.15) is 0 Å². The van der Waals surface area contributed by atoms with Crippen molar-refractivity contribution in [2.24, 2.45) is 0 Å². The van der Waals surface area contributed by atoms with Crippen LogP contribution in [-0.2, 0) is 4.74 Å². The molecule has 0 bridgehead atoms. The molecule has 5 rings (SSSR count). The van der Waals surface area contributed by atoms with Crippen LogP contribution in [0.4, 0.5) is 10.5 Å². The quantitative estimate of drug-likeness (QED) is 0.444. The minimum atomic E-state index is -0.534. The number of aromatic nitrogens is 2. The number of fused-ring (bicyclic) bond motifs is 1. The van der Waals surface area contributed by atoms with Gasteiger partial charge in [-0.2, -0.15) is 0 Å². The van der Waals surface area contributed by atoms with E-state index in [1.807, 2.05) is 65.2 Å². The molecule has 174 valence electrons. The zero-order valence-electron chi connectivity index (χ0n) is 18.7. The number of para-hydroxylation sites is 1. The van der Waals surface area contributed by atoms with Gasteiger partial charge in [0.2, 0.25) is 0 Å². The Bertz CT molecular complexity index is 1230. The molecule has 0 aliphatic carbocycles. The average molecular weight is 459 g/mol. The number of amides is 1. The van der Waals surface area contributed by atoms with Crippen LogP contribution in [-0.4, -0.2) is 60.0 Å². The summed E-state index contributed by atoms with van der Waals surface area (Å²) in [7, 11) is 0. The molecule has 1 aliphatic heterocycles. The summed E-state index contributed by atoms with van der Waals surface area (Å²) >= 11 is 0. The third-order valence-corrected chi connectivity index (χ3v) is 5.64. The van der Waals surface area contributed by atoms with Crippen molar-refractivity contribution >= 4 is 22.8 Å². The van der Waals surface area contributed by atoms with Gasteiger partial charge in [0.05, 0.1) is 24.2 Å². The molecule has 0 spiro atoms. The lowest BCUT2D eigenvalue weighted by Crippen LogP contribution is -2.38. The lowest BCUT2D eigenvalue weighted by Gasteiger charge is -2.26. The maximum atomic E-state index is 12.1. The van der Waals surface area contributed by atoms with Crippen LogP contribution in [0.3, 0.4) is 0 Å². The van der Waals surface area contributed by atoms with Crippen molar-refractivity contribution in [1.82, 2.24) is 14.5 Å². The molecule has 8 nitrogen and oxygen atoms in total. The second kappa shape index (κ2) is 10.4. The number of rotatable bonds is 7. The zero-order chi connectivity index (χ0) is 23.2. The summed E-state index contributed by atoms with van der Waals surface area (Å²) in [5.74, 6) is 1.30. The lowest BCUT2D eigenvalue weighted by molar-refractivity contribution is 0.0322. The van der Waals surface area contributed by atoms with Gasteiger partial charge in [-0.1, -0.05) is 18.2 Å². The predicted octanol–water partition coefficient (Wildman–Crippen LogP) is 4.35. The number of hydrogen-bond acceptors (Lipinski definition) is 6. The van der Waals surface area contributed by atoms with E-state index in [4.69, 9.17) is 14.2 Å². The Balaban J connectivity index is 1.20. The van der Waals surface area contributed by atoms with Crippen LogP contribution in [0.25, 0.3) is 16.7 Å². The summed E-state index contributed by atoms with van der Waals surface area (Å²) in [5.41, 5.74) is 3.41. The first kappa shape index (κ1) is 21.9. The molecule has 1 amide bonds. The molecule has 34 heavy (non-hydrogen) atoms. The Labute approximate surface area is 197 Å². The van der Waals surface area contributed by atoms with Crippen molar-refractivity contribution in [3.63, 3.8) is 0 Å². The Kier molecular flexibility index (Phi) is 6.69. The molecule has 0 unspecified atom stereocenters. The van der Waals surface area contributed by atoms with Crippen LogP contribution in [0.5, 0.6) is 11.5 Å². The highest BCUT2D eigenvalue weighted by atomic mass is 16.6. The monoisotopic (exact) mass is 458 g/mol. The van der Waals surface area contributed by atoms with Crippen molar-refractivity contribution in [1.29, 1.82) is 0 Å². The largest absolute Gasteiger partial charge is 0.492 e. The number of carbonyl (C=O) groups excluding carboxylic acids is 1. The Morgan fingerprint density at radius 1 is 0.971 bits per heavy atom. The summed E-state index contributed by atoms with van der Waals surface area (Å²) in [6.07, 6.45) is 1.25. The number of benzene rings is 3. The van der Waals surface area contributed by atoms with Gasteiger partial charge in [0, 0.05) is 37.1 Å². The molecule has 1 saturated heterocycles. The molecule has 0 radical (unpaired) electrons. The fraction of sp³-hybridized carbons (Fsp3) is 0.231. The van der Waals surface area contributed by atoms with Crippen molar-refractivity contribution in [2.75, 3.05) is 44.8 Å². The Hall–Kier alpha value is -3.88. The number of carbonyl (C=O) groups is 1. The number of anilines is 1. The second-order valence-electron chi connectivity index (χ2n) is 7.94. The summed E-state index contributed by atoms with van der Waals surface area (Å²) in [6, 6.07) is 22.4. The highest BCUT2D eigenvalue weighted by molar-refractivity contribution is 5.86. The molecule has 1 N–H and O–H groups in total. The minimum absolute atomic E-state index is 0.492. The normalized spacial score (nSPS) is 14.1. The molecule has 3 aromatic carbocycles. The Morgan fingerprint density at radius 2 is 1.76 bits per heavy atom. The van der Waals surface area contributed by atoms with Gasteiger partial charge in [0.25, 0.3) is 0 Å². The fourth-order valence-electron chi connectivity index (χ4n) is 3.85. The van der Waals surface area contributed by atoms with E-state index in [1.54, 1.807) is 18.5 Å². The molecular formula is C26H26N4O4. The fourth-order valence-corrected chi connectivity index (χ4v) is 3.85. The van der Waals surface area contributed by atoms with Gasteiger partial charge in [-0.15, -0.1) is 0 Å². The van der Waals surface area contributed by atoms with Crippen molar-refractivity contribution in [3.8, 4) is 17.2 Å². The first-order valence-corrected chi connectivity index (χ1v) is 11.3. The van der Waals surface area contributed by atoms with Crippen molar-refractivity contribution < 1.29 is 19.0 Å². The molecular weight excluding hydrogens is 432 g/mol. The van der Waals surface area contributed by atoms with Crippen LogP contribution < -0.4 is 14.8 Å². The number of morpholine rings is 1. The van der Waals surface area contributed by atoms with Gasteiger partial charge in [-0.3, -0.25) is 14.8 Å². The van der Waals surface area contributed by atoms with Gasteiger partial charge < -0.3 is 14.2 Å². The zero-order valence-corrected chi connectivity index (χ0v) is 18.7. The topological polar surface area (TPSA) is 77.9 Å². The Morgan fingerprint density at radius 3 is 2.56 bits per heavy atom. The SMILES string of the molecule is O=C(Nc1ccc(-n2cnc3cc(OCCN4CCOCC4)ccc32)cc1)Oc1ccccc1. The van der Waals surface area contributed by atoms with Crippen LogP contribution >= 0.6 is 0 Å². The first-order valence-electron chi connectivity index (χ1n) is 11.3. The van der Waals surface area contributed by atoms with Crippen molar-refractivity contribution in [3.05, 3.63) is 79.1 Å². The maximum absolute atomic E-state index is 12.1. The molecule has 1 aromatic heterocycles.